The van der Waals surface area contributed by atoms with E-state index in [0.717, 1.165) is 6.42 Å². The minimum atomic E-state index is 1.04. The van der Waals surface area contributed by atoms with Gasteiger partial charge in [0, 0.05) is 0 Å². The number of aliphatic imine (C=N–C) groups is 1. The topological polar surface area (TPSA) is 12.4 Å². The zero-order valence-electron chi connectivity index (χ0n) is 6.59. The highest BCUT2D eigenvalue weighted by Gasteiger charge is 1.80. The van der Waals surface area contributed by atoms with Crippen molar-refractivity contribution >= 4 is 6.72 Å². The molecule has 0 unspecified atom stereocenters. The second-order valence-corrected chi connectivity index (χ2v) is 1.84. The van der Waals surface area contributed by atoms with Gasteiger partial charge in [-0.1, -0.05) is 13.0 Å². The zero-order chi connectivity index (χ0) is 7.82. The van der Waals surface area contributed by atoms with Crippen LogP contribution in [0.5, 0.6) is 0 Å². The fourth-order valence-corrected chi connectivity index (χ4v) is 0.587. The van der Waals surface area contributed by atoms with Crippen molar-refractivity contribution < 1.29 is 0 Å². The molecule has 0 fully saturated rings. The van der Waals surface area contributed by atoms with Gasteiger partial charge >= 0.3 is 0 Å². The highest BCUT2D eigenvalue weighted by Crippen LogP contribution is 1.99. The Bertz CT molecular complexity index is 181. The average molecular weight is 135 g/mol. The lowest BCUT2D eigenvalue weighted by atomic mass is 10.2. The third-order valence-corrected chi connectivity index (χ3v) is 1.21. The van der Waals surface area contributed by atoms with E-state index in [1.54, 1.807) is 6.20 Å². The molecule has 0 saturated heterocycles. The van der Waals surface area contributed by atoms with Crippen LogP contribution < -0.4 is 0 Å². The summed E-state index contributed by atoms with van der Waals surface area (Å²) in [5.41, 5.74) is 4.15. The van der Waals surface area contributed by atoms with E-state index in [1.165, 1.54) is 5.57 Å². The lowest BCUT2D eigenvalue weighted by Crippen LogP contribution is -1.68. The molecule has 0 radical (unpaired) electrons. The van der Waals surface area contributed by atoms with Crippen LogP contribution in [0.15, 0.2) is 34.6 Å². The van der Waals surface area contributed by atoms with Gasteiger partial charge in [0.15, 0.2) is 0 Å². The van der Waals surface area contributed by atoms with E-state index in [-0.39, 0.29) is 0 Å². The predicted octanol–water partition coefficient (Wildman–Crippen LogP) is 2.71. The van der Waals surface area contributed by atoms with Crippen LogP contribution in [-0.2, 0) is 0 Å². The molecular formula is C9H13N. The molecule has 54 valence electrons. The van der Waals surface area contributed by atoms with Gasteiger partial charge in [0.05, 0.1) is 6.20 Å². The number of nitrogens with zero attached hydrogens (tertiary/aromatic N) is 1. The summed E-state index contributed by atoms with van der Waals surface area (Å²) in [5.74, 6) is 0. The molecule has 10 heavy (non-hydrogen) atoms. The maximum absolute atomic E-state index is 3.53. The van der Waals surface area contributed by atoms with Gasteiger partial charge < -0.3 is 0 Å². The summed E-state index contributed by atoms with van der Waals surface area (Å²) in [6.07, 6.45) is 6.56. The van der Waals surface area contributed by atoms with E-state index in [4.69, 9.17) is 0 Å². The van der Waals surface area contributed by atoms with E-state index in [2.05, 4.69) is 30.4 Å². The quantitative estimate of drug-likeness (QED) is 0.320. The highest BCUT2D eigenvalue weighted by molar-refractivity contribution is 5.26. The molecular weight excluding hydrogens is 122 g/mol. The van der Waals surface area contributed by atoms with Crippen molar-refractivity contribution in [1.82, 2.24) is 0 Å². The standard InChI is InChI=1S/C9H13N/c1-4-9(5-2)7-6-8-10-3/h4,7-8H,3,5H2,1-2H3/b9-4-. The predicted molar refractivity (Wildman–Crippen MR) is 46.3 cm³/mol. The summed E-state index contributed by atoms with van der Waals surface area (Å²) in [5, 5.41) is 0. The molecule has 1 heteroatoms. The molecule has 1 nitrogen and oxygen atoms in total. The molecule has 0 rings (SSSR count). The minimum absolute atomic E-state index is 1.04. The number of rotatable bonds is 3. The van der Waals surface area contributed by atoms with Crippen LogP contribution in [0, 0.1) is 0 Å². The zero-order valence-corrected chi connectivity index (χ0v) is 6.59. The second kappa shape index (κ2) is 6.06. The van der Waals surface area contributed by atoms with Crippen LogP contribution in [0.2, 0.25) is 0 Å². The Morgan fingerprint density at radius 3 is 2.80 bits per heavy atom. The molecule has 0 aromatic rings. The molecule has 0 aliphatic rings. The van der Waals surface area contributed by atoms with Crippen molar-refractivity contribution in [2.75, 3.05) is 0 Å². The van der Waals surface area contributed by atoms with Crippen LogP contribution in [0.1, 0.15) is 20.3 Å². The molecule has 0 amide bonds. The van der Waals surface area contributed by atoms with Crippen molar-refractivity contribution in [2.24, 2.45) is 4.99 Å². The number of hydrogen-bond acceptors (Lipinski definition) is 1. The Labute approximate surface area is 62.5 Å². The van der Waals surface area contributed by atoms with Gasteiger partial charge in [0.1, 0.15) is 0 Å². The van der Waals surface area contributed by atoms with E-state index in [0.29, 0.717) is 0 Å². The van der Waals surface area contributed by atoms with Crippen LogP contribution in [0.4, 0.5) is 0 Å². The molecule has 0 atom stereocenters. The molecule has 0 N–H and O–H groups in total. The maximum atomic E-state index is 3.53. The highest BCUT2D eigenvalue weighted by atomic mass is 14.6. The Morgan fingerprint density at radius 2 is 2.40 bits per heavy atom. The summed E-state index contributed by atoms with van der Waals surface area (Å²) >= 11 is 0. The summed E-state index contributed by atoms with van der Waals surface area (Å²) in [6.45, 7) is 7.42. The first-order chi connectivity index (χ1) is 4.85. The lowest BCUT2D eigenvalue weighted by molar-refractivity contribution is 1.14. The molecule has 0 aliphatic carbocycles. The van der Waals surface area contributed by atoms with E-state index in [9.17, 15) is 0 Å². The smallest absolute Gasteiger partial charge is 0.0679 e. The molecule has 0 spiro atoms. The fourth-order valence-electron chi connectivity index (χ4n) is 0.587. The Balaban J connectivity index is 4.10. The summed E-state index contributed by atoms with van der Waals surface area (Å²) in [4.78, 5) is 3.53. The summed E-state index contributed by atoms with van der Waals surface area (Å²) < 4.78 is 0. The average Bonchev–Trinajstić information content (AvgIpc) is 1.99. The van der Waals surface area contributed by atoms with Gasteiger partial charge in [-0.25, -0.2) is 0 Å². The number of allylic oxidation sites excluding steroid dienone is 3. The summed E-state index contributed by atoms with van der Waals surface area (Å²) in [6, 6.07) is 0. The lowest BCUT2D eigenvalue weighted by Gasteiger charge is -1.88. The number of hydrogen-bond donors (Lipinski definition) is 0. The SMILES string of the molecule is C=NC=C=C/C(=C\C)CC. The van der Waals surface area contributed by atoms with Gasteiger partial charge in [-0.2, -0.15) is 0 Å². The van der Waals surface area contributed by atoms with Gasteiger partial charge in [-0.05, 0) is 31.7 Å². The molecule has 0 saturated carbocycles. The fraction of sp³-hybridized carbons (Fsp3) is 0.333. The summed E-state index contributed by atoms with van der Waals surface area (Å²) in [7, 11) is 0. The Morgan fingerprint density at radius 1 is 1.70 bits per heavy atom. The van der Waals surface area contributed by atoms with Gasteiger partial charge in [0.2, 0.25) is 0 Å². The molecule has 0 heterocycles. The minimum Gasteiger partial charge on any atom is -0.264 e. The first-order valence-corrected chi connectivity index (χ1v) is 3.37. The third kappa shape index (κ3) is 3.88. The van der Waals surface area contributed by atoms with Crippen LogP contribution in [0.3, 0.4) is 0 Å². The largest absolute Gasteiger partial charge is 0.264 e. The van der Waals surface area contributed by atoms with Crippen molar-refractivity contribution in [3.05, 3.63) is 29.7 Å². The normalized spacial score (nSPS) is 10.0. The van der Waals surface area contributed by atoms with Gasteiger partial charge in [-0.15, -0.1) is 5.73 Å². The van der Waals surface area contributed by atoms with Crippen LogP contribution in [0.25, 0.3) is 0 Å². The second-order valence-electron chi connectivity index (χ2n) is 1.84. The van der Waals surface area contributed by atoms with Crippen LogP contribution in [-0.4, -0.2) is 6.72 Å². The molecule has 0 bridgehead atoms. The van der Waals surface area contributed by atoms with E-state index in [1.807, 2.05) is 13.0 Å². The van der Waals surface area contributed by atoms with Crippen molar-refractivity contribution in [3.63, 3.8) is 0 Å². The van der Waals surface area contributed by atoms with Crippen LogP contribution >= 0.6 is 0 Å². The van der Waals surface area contributed by atoms with E-state index < -0.39 is 0 Å². The van der Waals surface area contributed by atoms with Crippen molar-refractivity contribution in [2.45, 2.75) is 20.3 Å². The van der Waals surface area contributed by atoms with Crippen molar-refractivity contribution in [3.8, 4) is 0 Å². The van der Waals surface area contributed by atoms with Gasteiger partial charge in [-0.3, -0.25) is 4.99 Å². The molecule has 0 aliphatic heterocycles. The first-order valence-electron chi connectivity index (χ1n) is 3.37. The first kappa shape index (κ1) is 8.93. The van der Waals surface area contributed by atoms with E-state index >= 15 is 0 Å². The maximum Gasteiger partial charge on any atom is 0.0679 e. The van der Waals surface area contributed by atoms with Gasteiger partial charge in [0.25, 0.3) is 0 Å². The Hall–Kier alpha value is -1.07. The molecule has 0 aromatic heterocycles. The molecule has 0 aromatic carbocycles. The monoisotopic (exact) mass is 135 g/mol. The third-order valence-electron chi connectivity index (χ3n) is 1.21. The Kier molecular flexibility index (Phi) is 5.41. The van der Waals surface area contributed by atoms with Crippen molar-refractivity contribution in [1.29, 1.82) is 0 Å².